The van der Waals surface area contributed by atoms with E-state index in [1.54, 1.807) is 0 Å². The second-order valence-corrected chi connectivity index (χ2v) is 8.62. The lowest BCUT2D eigenvalue weighted by molar-refractivity contribution is -0.137. The van der Waals surface area contributed by atoms with Crippen LogP contribution < -0.4 is 9.47 Å². The normalized spacial score (nSPS) is 17.4. The number of ether oxygens (including phenoxy) is 2. The minimum absolute atomic E-state index is 0.0417. The Labute approximate surface area is 184 Å². The summed E-state index contributed by atoms with van der Waals surface area (Å²) >= 11 is 6.31. The number of hydrogen-bond donors (Lipinski definition) is 1. The van der Waals surface area contributed by atoms with Crippen molar-refractivity contribution in [2.45, 2.75) is 70.8 Å². The van der Waals surface area contributed by atoms with Crippen LogP contribution in [0, 0.1) is 6.92 Å². The van der Waals surface area contributed by atoms with Crippen LogP contribution in [0.25, 0.3) is 0 Å². The van der Waals surface area contributed by atoms with Gasteiger partial charge < -0.3 is 14.6 Å². The zero-order chi connectivity index (χ0) is 21.6. The van der Waals surface area contributed by atoms with Crippen LogP contribution in [0.3, 0.4) is 0 Å². The summed E-state index contributed by atoms with van der Waals surface area (Å²) in [4.78, 5) is 10.6. The van der Waals surface area contributed by atoms with Gasteiger partial charge in [-0.2, -0.15) is 0 Å². The molecule has 0 fully saturated rings. The summed E-state index contributed by atoms with van der Waals surface area (Å²) in [6, 6.07) is 12.0. The number of fused-ring (bicyclic) bond motifs is 1. The van der Waals surface area contributed by atoms with E-state index in [-0.39, 0.29) is 11.8 Å². The smallest absolute Gasteiger partial charge is 0.303 e. The number of halogens is 1. The van der Waals surface area contributed by atoms with Gasteiger partial charge in [0.2, 0.25) is 0 Å². The van der Waals surface area contributed by atoms with Gasteiger partial charge in [0.05, 0.1) is 6.61 Å². The van der Waals surface area contributed by atoms with E-state index in [0.29, 0.717) is 13.2 Å². The number of carbonyl (C=O) groups is 1. The van der Waals surface area contributed by atoms with Crippen molar-refractivity contribution < 1.29 is 19.4 Å². The van der Waals surface area contributed by atoms with Crippen LogP contribution in [0.5, 0.6) is 11.5 Å². The first kappa shape index (κ1) is 22.5. The first-order chi connectivity index (χ1) is 14.4. The summed E-state index contributed by atoms with van der Waals surface area (Å²) in [7, 11) is 0. The Morgan fingerprint density at radius 3 is 2.73 bits per heavy atom. The van der Waals surface area contributed by atoms with Gasteiger partial charge in [-0.25, -0.2) is 0 Å². The largest absolute Gasteiger partial charge is 0.492 e. The summed E-state index contributed by atoms with van der Waals surface area (Å²) in [5.41, 5.74) is 3.43. The molecule has 1 heterocycles. The molecule has 1 aliphatic rings. The summed E-state index contributed by atoms with van der Waals surface area (Å²) in [5.74, 6) is 0.991. The average Bonchev–Trinajstić information content (AvgIpc) is 3.08. The van der Waals surface area contributed by atoms with Crippen LogP contribution in [0.2, 0.25) is 5.02 Å². The summed E-state index contributed by atoms with van der Waals surface area (Å²) in [6.07, 6.45) is 6.21. The third kappa shape index (κ3) is 5.28. The van der Waals surface area contributed by atoms with Crippen molar-refractivity contribution in [3.63, 3.8) is 0 Å². The average molecular weight is 431 g/mol. The van der Waals surface area contributed by atoms with Crippen molar-refractivity contribution in [3.05, 3.63) is 58.1 Å². The van der Waals surface area contributed by atoms with Gasteiger partial charge in [0, 0.05) is 34.1 Å². The molecule has 2 aromatic carbocycles. The van der Waals surface area contributed by atoms with Crippen molar-refractivity contribution in [1.82, 2.24) is 0 Å². The molecule has 0 bridgehead atoms. The van der Waals surface area contributed by atoms with E-state index in [1.807, 2.05) is 37.3 Å². The van der Waals surface area contributed by atoms with E-state index in [1.165, 1.54) is 5.56 Å². The zero-order valence-electron chi connectivity index (χ0n) is 17.9. The topological polar surface area (TPSA) is 55.8 Å². The SMILES string of the molecule is CCC1(CCCCCCC(=O)O)COc2cc(OCc3c(C)cccc3Cl)ccc21. The van der Waals surface area contributed by atoms with Crippen molar-refractivity contribution in [2.75, 3.05) is 6.61 Å². The molecule has 1 atom stereocenters. The molecular formula is C25H31ClO4. The Hall–Kier alpha value is -2.20. The van der Waals surface area contributed by atoms with Gasteiger partial charge in [-0.05, 0) is 43.9 Å². The highest BCUT2D eigenvalue weighted by Crippen LogP contribution is 2.46. The quantitative estimate of drug-likeness (QED) is 0.403. The van der Waals surface area contributed by atoms with E-state index in [2.05, 4.69) is 13.0 Å². The van der Waals surface area contributed by atoms with Gasteiger partial charge in [0.15, 0.2) is 0 Å². The highest BCUT2D eigenvalue weighted by atomic mass is 35.5. The van der Waals surface area contributed by atoms with E-state index in [9.17, 15) is 4.79 Å². The molecule has 3 rings (SSSR count). The van der Waals surface area contributed by atoms with Gasteiger partial charge in [0.25, 0.3) is 0 Å². The van der Waals surface area contributed by atoms with Crippen LogP contribution in [-0.4, -0.2) is 17.7 Å². The summed E-state index contributed by atoms with van der Waals surface area (Å²) in [6.45, 7) is 5.38. The van der Waals surface area contributed by atoms with Crippen LogP contribution in [0.4, 0.5) is 0 Å². The molecule has 0 radical (unpaired) electrons. The number of rotatable bonds is 11. The van der Waals surface area contributed by atoms with Crippen molar-refractivity contribution in [2.24, 2.45) is 0 Å². The van der Waals surface area contributed by atoms with Gasteiger partial charge in [-0.15, -0.1) is 0 Å². The Bertz CT molecular complexity index is 859. The minimum atomic E-state index is -0.708. The summed E-state index contributed by atoms with van der Waals surface area (Å²) in [5, 5.41) is 9.47. The standard InChI is InChI=1S/C25H31ClO4/c1-3-25(14-7-5-4-6-11-24(27)28)17-30-23-15-19(12-13-21(23)25)29-16-20-18(2)9-8-10-22(20)26/h8-10,12-13,15H,3-7,11,14,16-17H2,1-2H3,(H,27,28). The lowest BCUT2D eigenvalue weighted by Crippen LogP contribution is -2.27. The van der Waals surface area contributed by atoms with Gasteiger partial charge in [-0.3, -0.25) is 4.79 Å². The van der Waals surface area contributed by atoms with Gasteiger partial charge in [-0.1, -0.05) is 56.0 Å². The van der Waals surface area contributed by atoms with Crippen molar-refractivity contribution >= 4 is 17.6 Å². The Balaban J connectivity index is 1.60. The molecule has 0 aliphatic carbocycles. The number of carboxylic acids is 1. The minimum Gasteiger partial charge on any atom is -0.492 e. The van der Waals surface area contributed by atoms with Gasteiger partial charge >= 0.3 is 5.97 Å². The third-order valence-electron chi connectivity index (χ3n) is 6.24. The molecule has 0 spiro atoms. The maximum absolute atomic E-state index is 10.6. The number of aliphatic carboxylic acids is 1. The first-order valence-corrected chi connectivity index (χ1v) is 11.2. The van der Waals surface area contributed by atoms with Crippen LogP contribution in [0.15, 0.2) is 36.4 Å². The molecular weight excluding hydrogens is 400 g/mol. The monoisotopic (exact) mass is 430 g/mol. The number of aryl methyl sites for hydroxylation is 1. The number of benzene rings is 2. The molecule has 4 nitrogen and oxygen atoms in total. The predicted octanol–water partition coefficient (Wildman–Crippen LogP) is 6.69. The Morgan fingerprint density at radius 1 is 1.20 bits per heavy atom. The Kier molecular flexibility index (Phi) is 7.65. The molecule has 1 unspecified atom stereocenters. The molecule has 1 aliphatic heterocycles. The highest BCUT2D eigenvalue weighted by Gasteiger charge is 2.38. The predicted molar refractivity (Wildman–Crippen MR) is 120 cm³/mol. The van der Waals surface area contributed by atoms with Crippen molar-refractivity contribution in [1.29, 1.82) is 0 Å². The first-order valence-electron chi connectivity index (χ1n) is 10.8. The number of unbranched alkanes of at least 4 members (excludes halogenated alkanes) is 3. The molecule has 30 heavy (non-hydrogen) atoms. The van der Waals surface area contributed by atoms with E-state index >= 15 is 0 Å². The number of hydrogen-bond acceptors (Lipinski definition) is 3. The van der Waals surface area contributed by atoms with Gasteiger partial charge in [0.1, 0.15) is 18.1 Å². The fraction of sp³-hybridized carbons (Fsp3) is 0.480. The fourth-order valence-electron chi connectivity index (χ4n) is 4.22. The van der Waals surface area contributed by atoms with E-state index in [0.717, 1.165) is 66.2 Å². The zero-order valence-corrected chi connectivity index (χ0v) is 18.6. The lowest BCUT2D eigenvalue weighted by Gasteiger charge is -2.26. The maximum Gasteiger partial charge on any atom is 0.303 e. The molecule has 1 N–H and O–H groups in total. The second-order valence-electron chi connectivity index (χ2n) is 8.21. The molecule has 2 aromatic rings. The molecule has 0 saturated carbocycles. The van der Waals surface area contributed by atoms with Crippen LogP contribution in [0.1, 0.15) is 68.6 Å². The van der Waals surface area contributed by atoms with E-state index in [4.69, 9.17) is 26.2 Å². The molecule has 5 heteroatoms. The molecule has 0 saturated heterocycles. The lowest BCUT2D eigenvalue weighted by atomic mass is 9.76. The number of carboxylic acid groups (broad SMARTS) is 1. The van der Waals surface area contributed by atoms with E-state index < -0.39 is 5.97 Å². The molecule has 0 amide bonds. The highest BCUT2D eigenvalue weighted by molar-refractivity contribution is 6.31. The third-order valence-corrected chi connectivity index (χ3v) is 6.59. The molecule has 162 valence electrons. The molecule has 0 aromatic heterocycles. The maximum atomic E-state index is 10.6. The van der Waals surface area contributed by atoms with Crippen molar-refractivity contribution in [3.8, 4) is 11.5 Å². The Morgan fingerprint density at radius 2 is 2.00 bits per heavy atom. The van der Waals surface area contributed by atoms with Crippen LogP contribution >= 0.6 is 11.6 Å². The second kappa shape index (κ2) is 10.2. The van der Waals surface area contributed by atoms with Crippen LogP contribution in [-0.2, 0) is 16.8 Å². The summed E-state index contributed by atoms with van der Waals surface area (Å²) < 4.78 is 12.1. The fourth-order valence-corrected chi connectivity index (χ4v) is 4.49.